The van der Waals surface area contributed by atoms with Gasteiger partial charge in [0.1, 0.15) is 0 Å². The summed E-state index contributed by atoms with van der Waals surface area (Å²) in [5.41, 5.74) is 2.84. The van der Waals surface area contributed by atoms with Crippen molar-refractivity contribution in [2.45, 2.75) is 0 Å². The molecule has 1 aromatic carbocycles. The standard InChI is InChI=1S/C10H12NO5/c1-13-8-4-7(11-16-6-12)5-9(14-2)10(8)15-3/h4-5,11H,1-3H3. The van der Waals surface area contributed by atoms with Crippen LogP contribution >= 0.6 is 0 Å². The maximum atomic E-state index is 9.91. The summed E-state index contributed by atoms with van der Waals surface area (Å²) in [6, 6.07) is 3.19. The largest absolute Gasteiger partial charge is 0.493 e. The Morgan fingerprint density at radius 3 is 2.00 bits per heavy atom. The van der Waals surface area contributed by atoms with Gasteiger partial charge in [-0.2, -0.15) is 0 Å². The van der Waals surface area contributed by atoms with Gasteiger partial charge in [0.05, 0.1) is 27.0 Å². The number of methoxy groups -OCH3 is 3. The number of anilines is 1. The van der Waals surface area contributed by atoms with Crippen molar-refractivity contribution in [2.75, 3.05) is 26.8 Å². The predicted molar refractivity (Wildman–Crippen MR) is 56.5 cm³/mol. The van der Waals surface area contributed by atoms with Crippen molar-refractivity contribution >= 4 is 12.2 Å². The molecular formula is C10H12NO5. The molecule has 1 radical (unpaired) electrons. The SMILES string of the molecule is COc1cc(NO[C]=O)cc(OC)c1OC. The number of benzene rings is 1. The van der Waals surface area contributed by atoms with Gasteiger partial charge in [0.15, 0.2) is 11.5 Å². The van der Waals surface area contributed by atoms with Crippen molar-refractivity contribution in [3.63, 3.8) is 0 Å². The lowest BCUT2D eigenvalue weighted by Crippen LogP contribution is -2.01. The van der Waals surface area contributed by atoms with Crippen molar-refractivity contribution in [3.8, 4) is 17.2 Å². The molecule has 0 aliphatic heterocycles. The zero-order chi connectivity index (χ0) is 12.0. The van der Waals surface area contributed by atoms with Crippen molar-refractivity contribution in [1.82, 2.24) is 0 Å². The van der Waals surface area contributed by atoms with E-state index in [-0.39, 0.29) is 0 Å². The number of carbonyl (C=O) groups excluding carboxylic acids is 1. The lowest BCUT2D eigenvalue weighted by atomic mass is 10.2. The fourth-order valence-corrected chi connectivity index (χ4v) is 1.22. The van der Waals surface area contributed by atoms with Crippen LogP contribution in [0.15, 0.2) is 12.1 Å². The molecule has 0 atom stereocenters. The first-order chi connectivity index (χ1) is 7.76. The Balaban J connectivity index is 3.09. The maximum Gasteiger partial charge on any atom is 0.443 e. The second-order valence-electron chi connectivity index (χ2n) is 2.70. The van der Waals surface area contributed by atoms with Gasteiger partial charge in [-0.15, -0.1) is 0 Å². The summed E-state index contributed by atoms with van der Waals surface area (Å²) in [7, 11) is 4.49. The van der Waals surface area contributed by atoms with E-state index in [4.69, 9.17) is 14.2 Å². The van der Waals surface area contributed by atoms with E-state index in [0.717, 1.165) is 0 Å². The topological polar surface area (TPSA) is 66.0 Å². The molecular weight excluding hydrogens is 214 g/mol. The first-order valence-electron chi connectivity index (χ1n) is 4.35. The number of ether oxygens (including phenoxy) is 3. The second-order valence-corrected chi connectivity index (χ2v) is 2.70. The number of hydrogen-bond acceptors (Lipinski definition) is 6. The fourth-order valence-electron chi connectivity index (χ4n) is 1.22. The lowest BCUT2D eigenvalue weighted by Gasteiger charge is -2.13. The molecule has 1 N–H and O–H groups in total. The third-order valence-electron chi connectivity index (χ3n) is 1.88. The van der Waals surface area contributed by atoms with Crippen LogP contribution in [0.5, 0.6) is 17.2 Å². The molecule has 16 heavy (non-hydrogen) atoms. The fraction of sp³-hybridized carbons (Fsp3) is 0.300. The number of hydrogen-bond donors (Lipinski definition) is 1. The molecule has 6 nitrogen and oxygen atoms in total. The minimum Gasteiger partial charge on any atom is -0.493 e. The first kappa shape index (κ1) is 12.0. The zero-order valence-corrected chi connectivity index (χ0v) is 9.20. The van der Waals surface area contributed by atoms with Gasteiger partial charge in [-0.05, 0) is 0 Å². The minimum absolute atomic E-state index is 0.457. The third-order valence-corrected chi connectivity index (χ3v) is 1.88. The van der Waals surface area contributed by atoms with Gasteiger partial charge in [0, 0.05) is 12.1 Å². The summed E-state index contributed by atoms with van der Waals surface area (Å²) in [6.07, 6.45) is 0. The van der Waals surface area contributed by atoms with Crippen LogP contribution in [-0.2, 0) is 9.63 Å². The molecule has 0 unspecified atom stereocenters. The van der Waals surface area contributed by atoms with Gasteiger partial charge in [0.25, 0.3) is 0 Å². The van der Waals surface area contributed by atoms with Gasteiger partial charge in [-0.1, -0.05) is 0 Å². The normalized spacial score (nSPS) is 9.19. The van der Waals surface area contributed by atoms with Crippen LogP contribution in [0.4, 0.5) is 5.69 Å². The quantitative estimate of drug-likeness (QED) is 0.733. The van der Waals surface area contributed by atoms with Crippen LogP contribution in [0, 0.1) is 0 Å². The summed E-state index contributed by atoms with van der Waals surface area (Å²) >= 11 is 0. The second kappa shape index (κ2) is 5.69. The highest BCUT2D eigenvalue weighted by molar-refractivity contribution is 5.62. The van der Waals surface area contributed by atoms with E-state index in [2.05, 4.69) is 10.3 Å². The molecule has 1 rings (SSSR count). The van der Waals surface area contributed by atoms with Gasteiger partial charge in [-0.3, -0.25) is 0 Å². The van der Waals surface area contributed by atoms with Crippen molar-refractivity contribution < 1.29 is 23.8 Å². The molecule has 6 heteroatoms. The zero-order valence-electron chi connectivity index (χ0n) is 9.20. The Hall–Kier alpha value is -2.11. The molecule has 87 valence electrons. The van der Waals surface area contributed by atoms with E-state index >= 15 is 0 Å². The first-order valence-corrected chi connectivity index (χ1v) is 4.35. The van der Waals surface area contributed by atoms with Gasteiger partial charge >= 0.3 is 6.47 Å². The van der Waals surface area contributed by atoms with E-state index in [0.29, 0.717) is 22.9 Å². The highest BCUT2D eigenvalue weighted by Crippen LogP contribution is 2.39. The smallest absolute Gasteiger partial charge is 0.443 e. The molecule has 0 fully saturated rings. The van der Waals surface area contributed by atoms with Crippen LogP contribution in [-0.4, -0.2) is 27.8 Å². The molecule has 0 aliphatic carbocycles. The highest BCUT2D eigenvalue weighted by atomic mass is 16.7. The molecule has 0 aromatic heterocycles. The molecule has 0 heterocycles. The Morgan fingerprint density at radius 2 is 1.62 bits per heavy atom. The predicted octanol–water partition coefficient (Wildman–Crippen LogP) is 1.12. The average Bonchev–Trinajstić information content (AvgIpc) is 2.34. The lowest BCUT2D eigenvalue weighted by molar-refractivity contribution is 0.321. The summed E-state index contributed by atoms with van der Waals surface area (Å²) in [5.74, 6) is 1.38. The molecule has 1 aromatic rings. The van der Waals surface area contributed by atoms with Crippen molar-refractivity contribution in [2.24, 2.45) is 0 Å². The van der Waals surface area contributed by atoms with Gasteiger partial charge < -0.3 is 19.0 Å². The Kier molecular flexibility index (Phi) is 4.26. The average molecular weight is 226 g/mol. The Morgan fingerprint density at radius 1 is 1.06 bits per heavy atom. The minimum atomic E-state index is 0.457. The van der Waals surface area contributed by atoms with E-state index in [1.54, 1.807) is 12.1 Å². The van der Waals surface area contributed by atoms with Crippen molar-refractivity contribution in [3.05, 3.63) is 12.1 Å². The van der Waals surface area contributed by atoms with Gasteiger partial charge in [0.2, 0.25) is 5.75 Å². The number of rotatable bonds is 6. The summed E-state index contributed by atoms with van der Waals surface area (Å²) in [5, 5.41) is 0. The maximum absolute atomic E-state index is 9.91. The Labute approximate surface area is 93.0 Å². The molecule has 0 saturated carbocycles. The highest BCUT2D eigenvalue weighted by Gasteiger charge is 2.13. The van der Waals surface area contributed by atoms with Crippen LogP contribution in [0.25, 0.3) is 0 Å². The van der Waals surface area contributed by atoms with Crippen LogP contribution < -0.4 is 19.7 Å². The summed E-state index contributed by atoms with van der Waals surface area (Å²) in [6.45, 7) is 1.25. The molecule has 0 spiro atoms. The molecule has 0 bridgehead atoms. The number of nitrogens with one attached hydrogen (secondary N) is 1. The van der Waals surface area contributed by atoms with Gasteiger partial charge in [-0.25, -0.2) is 10.3 Å². The summed E-state index contributed by atoms with van der Waals surface area (Å²) in [4.78, 5) is 14.2. The van der Waals surface area contributed by atoms with E-state index in [1.165, 1.54) is 27.8 Å². The monoisotopic (exact) mass is 226 g/mol. The molecule has 0 saturated heterocycles. The van der Waals surface area contributed by atoms with Crippen LogP contribution in [0.3, 0.4) is 0 Å². The third kappa shape index (κ3) is 2.47. The molecule has 0 aliphatic rings. The van der Waals surface area contributed by atoms with E-state index < -0.39 is 0 Å². The van der Waals surface area contributed by atoms with E-state index in [9.17, 15) is 4.79 Å². The summed E-state index contributed by atoms with van der Waals surface area (Å²) < 4.78 is 15.3. The van der Waals surface area contributed by atoms with Crippen molar-refractivity contribution in [1.29, 1.82) is 0 Å². The Bertz CT molecular complexity index is 341. The van der Waals surface area contributed by atoms with Crippen LogP contribution in [0.1, 0.15) is 0 Å². The van der Waals surface area contributed by atoms with Crippen LogP contribution in [0.2, 0.25) is 0 Å². The van der Waals surface area contributed by atoms with E-state index in [1.807, 2.05) is 0 Å². The molecule has 0 amide bonds.